The van der Waals surface area contributed by atoms with E-state index in [4.69, 9.17) is 0 Å². The molecule has 0 aliphatic carbocycles. The lowest BCUT2D eigenvalue weighted by molar-refractivity contribution is -0.127. The SMILES string of the molecule is CSc1ccc(CC(F)(F)F)c(O)c1. The van der Waals surface area contributed by atoms with Crippen molar-refractivity contribution in [1.82, 2.24) is 0 Å². The van der Waals surface area contributed by atoms with E-state index in [2.05, 4.69) is 0 Å². The van der Waals surface area contributed by atoms with Crippen LogP contribution in [0.1, 0.15) is 5.56 Å². The number of phenolic OH excluding ortho intramolecular Hbond substituents is 1. The van der Waals surface area contributed by atoms with Gasteiger partial charge in [0.05, 0.1) is 6.42 Å². The molecule has 1 nitrogen and oxygen atoms in total. The molecule has 0 aliphatic heterocycles. The fraction of sp³-hybridized carbons (Fsp3) is 0.333. The Labute approximate surface area is 83.9 Å². The Morgan fingerprint density at radius 3 is 2.43 bits per heavy atom. The summed E-state index contributed by atoms with van der Waals surface area (Å²) in [6, 6.07) is 4.20. The number of hydrogen-bond donors (Lipinski definition) is 1. The zero-order chi connectivity index (χ0) is 10.8. The summed E-state index contributed by atoms with van der Waals surface area (Å²) >= 11 is 1.37. The predicted octanol–water partition coefficient (Wildman–Crippen LogP) is 3.22. The highest BCUT2D eigenvalue weighted by Crippen LogP contribution is 2.29. The van der Waals surface area contributed by atoms with E-state index >= 15 is 0 Å². The minimum atomic E-state index is -4.28. The highest BCUT2D eigenvalue weighted by atomic mass is 32.2. The third kappa shape index (κ3) is 3.14. The van der Waals surface area contributed by atoms with E-state index in [0.717, 1.165) is 4.90 Å². The number of thioether (sulfide) groups is 1. The van der Waals surface area contributed by atoms with Crippen LogP contribution in [0.2, 0.25) is 0 Å². The number of benzene rings is 1. The van der Waals surface area contributed by atoms with Crippen molar-refractivity contribution in [2.24, 2.45) is 0 Å². The zero-order valence-electron chi connectivity index (χ0n) is 7.43. The summed E-state index contributed by atoms with van der Waals surface area (Å²) in [5.41, 5.74) is -0.0877. The Balaban J connectivity index is 2.89. The summed E-state index contributed by atoms with van der Waals surface area (Å²) in [4.78, 5) is 0.744. The van der Waals surface area contributed by atoms with Crippen LogP contribution in [0.3, 0.4) is 0 Å². The molecule has 0 saturated carbocycles. The Bertz CT molecular complexity index is 322. The van der Waals surface area contributed by atoms with E-state index in [1.807, 2.05) is 0 Å². The van der Waals surface area contributed by atoms with Gasteiger partial charge in [0.15, 0.2) is 0 Å². The van der Waals surface area contributed by atoms with Gasteiger partial charge < -0.3 is 5.11 Å². The summed E-state index contributed by atoms with van der Waals surface area (Å²) < 4.78 is 36.0. The maximum atomic E-state index is 12.0. The Hall–Kier alpha value is -0.840. The second kappa shape index (κ2) is 4.13. The van der Waals surface area contributed by atoms with Gasteiger partial charge in [0.25, 0.3) is 0 Å². The molecule has 0 atom stereocenters. The van der Waals surface area contributed by atoms with Crippen LogP contribution in [0.25, 0.3) is 0 Å². The summed E-state index contributed by atoms with van der Waals surface area (Å²) in [5.74, 6) is -0.297. The molecule has 5 heteroatoms. The van der Waals surface area contributed by atoms with Gasteiger partial charge in [-0.15, -0.1) is 11.8 Å². The second-order valence-corrected chi connectivity index (χ2v) is 3.67. The molecule has 0 unspecified atom stereocenters. The maximum absolute atomic E-state index is 12.0. The summed E-state index contributed by atoms with van der Waals surface area (Å²) in [6.07, 6.45) is -3.58. The highest BCUT2D eigenvalue weighted by Gasteiger charge is 2.28. The molecule has 14 heavy (non-hydrogen) atoms. The van der Waals surface area contributed by atoms with Crippen molar-refractivity contribution in [3.63, 3.8) is 0 Å². The highest BCUT2D eigenvalue weighted by molar-refractivity contribution is 7.98. The van der Waals surface area contributed by atoms with Crippen LogP contribution < -0.4 is 0 Å². The molecular weight excluding hydrogens is 213 g/mol. The standard InChI is InChI=1S/C9H9F3OS/c1-14-7-3-2-6(8(13)4-7)5-9(10,11)12/h2-4,13H,5H2,1H3. The van der Waals surface area contributed by atoms with Gasteiger partial charge in [0, 0.05) is 10.5 Å². The number of halogens is 3. The minimum Gasteiger partial charge on any atom is -0.508 e. The average molecular weight is 222 g/mol. The fourth-order valence-electron chi connectivity index (χ4n) is 1.04. The Morgan fingerprint density at radius 1 is 1.36 bits per heavy atom. The molecule has 1 N–H and O–H groups in total. The molecule has 0 spiro atoms. The normalized spacial score (nSPS) is 11.7. The first-order valence-electron chi connectivity index (χ1n) is 3.85. The topological polar surface area (TPSA) is 20.2 Å². The van der Waals surface area contributed by atoms with Gasteiger partial charge >= 0.3 is 6.18 Å². The number of hydrogen-bond acceptors (Lipinski definition) is 2. The largest absolute Gasteiger partial charge is 0.508 e. The molecule has 78 valence electrons. The van der Waals surface area contributed by atoms with Crippen LogP contribution in [0.15, 0.2) is 23.1 Å². The minimum absolute atomic E-state index is 0.0877. The van der Waals surface area contributed by atoms with Gasteiger partial charge in [-0.3, -0.25) is 0 Å². The molecular formula is C9H9F3OS. The zero-order valence-corrected chi connectivity index (χ0v) is 8.25. The fourth-order valence-corrected chi connectivity index (χ4v) is 1.47. The van der Waals surface area contributed by atoms with Crippen molar-refractivity contribution in [3.05, 3.63) is 23.8 Å². The quantitative estimate of drug-likeness (QED) is 0.775. The summed E-state index contributed by atoms with van der Waals surface area (Å²) in [6.45, 7) is 0. The smallest absolute Gasteiger partial charge is 0.393 e. The molecule has 1 aromatic rings. The van der Waals surface area contributed by atoms with Crippen LogP contribution >= 0.6 is 11.8 Å². The lowest BCUT2D eigenvalue weighted by Crippen LogP contribution is -2.11. The van der Waals surface area contributed by atoms with E-state index in [1.165, 1.54) is 23.9 Å². The first-order chi connectivity index (χ1) is 6.42. The maximum Gasteiger partial charge on any atom is 0.393 e. The first-order valence-corrected chi connectivity index (χ1v) is 5.07. The summed E-state index contributed by atoms with van der Waals surface area (Å²) in [7, 11) is 0. The van der Waals surface area contributed by atoms with Gasteiger partial charge in [-0.2, -0.15) is 13.2 Å². The predicted molar refractivity (Wildman–Crippen MR) is 49.6 cm³/mol. The average Bonchev–Trinajstić information content (AvgIpc) is 2.06. The van der Waals surface area contributed by atoms with E-state index in [9.17, 15) is 18.3 Å². The third-order valence-corrected chi connectivity index (χ3v) is 2.41. The molecule has 1 aromatic carbocycles. The number of aromatic hydroxyl groups is 1. The van der Waals surface area contributed by atoms with Crippen molar-refractivity contribution in [3.8, 4) is 5.75 Å². The van der Waals surface area contributed by atoms with Crippen LogP contribution in [-0.4, -0.2) is 17.5 Å². The monoisotopic (exact) mass is 222 g/mol. The van der Waals surface area contributed by atoms with E-state index in [0.29, 0.717) is 0 Å². The molecule has 0 saturated heterocycles. The van der Waals surface area contributed by atoms with Gasteiger partial charge in [-0.05, 0) is 18.4 Å². The molecule has 0 heterocycles. The van der Waals surface area contributed by atoms with Gasteiger partial charge in [0.1, 0.15) is 5.75 Å². The molecule has 0 fully saturated rings. The van der Waals surface area contributed by atoms with E-state index in [1.54, 1.807) is 12.3 Å². The van der Waals surface area contributed by atoms with Gasteiger partial charge in [0.2, 0.25) is 0 Å². The van der Waals surface area contributed by atoms with Crippen LogP contribution in [-0.2, 0) is 6.42 Å². The Kier molecular flexibility index (Phi) is 3.31. The van der Waals surface area contributed by atoms with Crippen LogP contribution in [0.4, 0.5) is 13.2 Å². The van der Waals surface area contributed by atoms with Crippen molar-refractivity contribution in [2.75, 3.05) is 6.26 Å². The van der Waals surface area contributed by atoms with Gasteiger partial charge in [-0.25, -0.2) is 0 Å². The number of alkyl halides is 3. The van der Waals surface area contributed by atoms with Crippen molar-refractivity contribution in [2.45, 2.75) is 17.5 Å². The molecule has 0 bridgehead atoms. The van der Waals surface area contributed by atoms with Crippen LogP contribution in [0.5, 0.6) is 5.75 Å². The second-order valence-electron chi connectivity index (χ2n) is 2.79. The molecule has 0 radical (unpaired) electrons. The summed E-state index contributed by atoms with van der Waals surface area (Å²) in [5, 5.41) is 9.27. The van der Waals surface area contributed by atoms with Crippen LogP contribution in [0, 0.1) is 0 Å². The third-order valence-electron chi connectivity index (χ3n) is 1.68. The van der Waals surface area contributed by atoms with Crippen molar-refractivity contribution in [1.29, 1.82) is 0 Å². The number of rotatable bonds is 2. The number of phenols is 1. The molecule has 0 aromatic heterocycles. The Morgan fingerprint density at radius 2 is 2.00 bits per heavy atom. The molecule has 0 amide bonds. The van der Waals surface area contributed by atoms with Crippen molar-refractivity contribution < 1.29 is 18.3 Å². The lowest BCUT2D eigenvalue weighted by atomic mass is 10.1. The van der Waals surface area contributed by atoms with E-state index < -0.39 is 12.6 Å². The van der Waals surface area contributed by atoms with Gasteiger partial charge in [-0.1, -0.05) is 6.07 Å². The lowest BCUT2D eigenvalue weighted by Gasteiger charge is -2.08. The van der Waals surface area contributed by atoms with Crippen molar-refractivity contribution >= 4 is 11.8 Å². The first kappa shape index (κ1) is 11.2. The molecule has 1 rings (SSSR count). The van der Waals surface area contributed by atoms with E-state index in [-0.39, 0.29) is 11.3 Å². The molecule has 0 aliphatic rings.